The molecular weight excluding hydrogens is 412 g/mol. The Morgan fingerprint density at radius 1 is 1.20 bits per heavy atom. The third kappa shape index (κ3) is 4.89. The molecule has 1 aliphatic heterocycles. The first kappa shape index (κ1) is 21.4. The number of anilines is 2. The normalized spacial score (nSPS) is 20.7. The van der Waals surface area contributed by atoms with Gasteiger partial charge in [-0.3, -0.25) is 0 Å². The molecule has 1 aliphatic carbocycles. The Labute approximate surface area is 190 Å². The number of thiocarbonyl (C=S) groups is 1. The fraction of sp³-hybridized carbons (Fsp3) is 0.500. The molecule has 1 atom stereocenters. The number of pyridine rings is 1. The molecule has 30 heavy (non-hydrogen) atoms. The molecule has 1 aromatic carbocycles. The number of nitrogens with zero attached hydrogens (tertiary/aromatic N) is 2. The lowest BCUT2D eigenvalue weighted by Gasteiger charge is -2.34. The van der Waals surface area contributed by atoms with E-state index in [9.17, 15) is 0 Å². The Morgan fingerprint density at radius 2 is 2.03 bits per heavy atom. The van der Waals surface area contributed by atoms with Crippen LogP contribution in [0.5, 0.6) is 0 Å². The van der Waals surface area contributed by atoms with E-state index in [-0.39, 0.29) is 5.41 Å². The second-order valence-electron chi connectivity index (χ2n) is 8.75. The van der Waals surface area contributed by atoms with Gasteiger partial charge in [-0.2, -0.15) is 0 Å². The van der Waals surface area contributed by atoms with Crippen LogP contribution >= 0.6 is 23.8 Å². The Kier molecular flexibility index (Phi) is 6.79. The van der Waals surface area contributed by atoms with Crippen molar-refractivity contribution in [2.24, 2.45) is 0 Å². The van der Waals surface area contributed by atoms with Gasteiger partial charge in [0.05, 0.1) is 11.9 Å². The van der Waals surface area contributed by atoms with Crippen LogP contribution in [0.2, 0.25) is 5.02 Å². The Bertz CT molecular complexity index is 864. The summed E-state index contributed by atoms with van der Waals surface area (Å²) in [6, 6.07) is 13.0. The number of hydrogen-bond donors (Lipinski definition) is 2. The van der Waals surface area contributed by atoms with Crippen LogP contribution in [0, 0.1) is 0 Å². The molecule has 4 nitrogen and oxygen atoms in total. The third-order valence-corrected chi connectivity index (χ3v) is 7.17. The second kappa shape index (κ2) is 9.52. The lowest BCUT2D eigenvalue weighted by Crippen LogP contribution is -2.40. The minimum Gasteiger partial charge on any atom is -0.362 e. The summed E-state index contributed by atoms with van der Waals surface area (Å²) in [4.78, 5) is 7.08. The molecule has 0 amide bonds. The Balaban J connectivity index is 1.36. The summed E-state index contributed by atoms with van der Waals surface area (Å²) >= 11 is 11.9. The van der Waals surface area contributed by atoms with Crippen LogP contribution in [-0.2, 0) is 5.41 Å². The molecule has 2 heterocycles. The van der Waals surface area contributed by atoms with E-state index in [4.69, 9.17) is 23.8 Å². The molecule has 2 N–H and O–H groups in total. The standard InChI is InChI=1S/C24H31ClN4S/c1-18-7-2-5-14-29(18)22-11-10-21(16-26-22)28-23(30)27-17-24(12-3-4-13-24)19-8-6-9-20(25)15-19/h6,8-11,15-16,18H,2-5,7,12-14,17H2,1H3,(H2,27,28,30). The van der Waals surface area contributed by atoms with Crippen LogP contribution in [0.1, 0.15) is 57.4 Å². The maximum absolute atomic E-state index is 6.26. The zero-order chi connectivity index (χ0) is 21.0. The molecule has 160 valence electrons. The smallest absolute Gasteiger partial charge is 0.170 e. The number of aromatic nitrogens is 1. The van der Waals surface area contributed by atoms with Gasteiger partial charge in [-0.05, 0) is 81.1 Å². The first-order valence-electron chi connectivity index (χ1n) is 11.1. The van der Waals surface area contributed by atoms with Gasteiger partial charge in [0.15, 0.2) is 5.11 Å². The van der Waals surface area contributed by atoms with Crippen molar-refractivity contribution in [1.82, 2.24) is 10.3 Å². The summed E-state index contributed by atoms with van der Waals surface area (Å²) in [6.07, 6.45) is 10.5. The van der Waals surface area contributed by atoms with E-state index < -0.39 is 0 Å². The van der Waals surface area contributed by atoms with Crippen LogP contribution in [0.15, 0.2) is 42.6 Å². The van der Waals surface area contributed by atoms with Gasteiger partial charge in [-0.15, -0.1) is 0 Å². The van der Waals surface area contributed by atoms with Gasteiger partial charge in [0.1, 0.15) is 5.82 Å². The fourth-order valence-corrected chi connectivity index (χ4v) is 5.31. The molecule has 1 saturated heterocycles. The third-order valence-electron chi connectivity index (χ3n) is 6.69. The molecule has 1 saturated carbocycles. The van der Waals surface area contributed by atoms with Gasteiger partial charge in [-0.25, -0.2) is 4.98 Å². The first-order chi connectivity index (χ1) is 14.6. The van der Waals surface area contributed by atoms with E-state index in [1.54, 1.807) is 0 Å². The zero-order valence-electron chi connectivity index (χ0n) is 17.7. The number of piperidine rings is 1. The maximum atomic E-state index is 6.26. The molecule has 2 fully saturated rings. The predicted molar refractivity (Wildman–Crippen MR) is 131 cm³/mol. The van der Waals surface area contributed by atoms with Crippen molar-refractivity contribution in [2.75, 3.05) is 23.3 Å². The molecular formula is C24H31ClN4S. The fourth-order valence-electron chi connectivity index (χ4n) is 4.93. The highest BCUT2D eigenvalue weighted by Crippen LogP contribution is 2.41. The second-order valence-corrected chi connectivity index (χ2v) is 9.59. The molecule has 2 aliphatic rings. The summed E-state index contributed by atoms with van der Waals surface area (Å²) in [5.41, 5.74) is 2.33. The van der Waals surface area contributed by atoms with Crippen LogP contribution in [-0.4, -0.2) is 29.2 Å². The van der Waals surface area contributed by atoms with Gasteiger partial charge in [0.2, 0.25) is 0 Å². The molecule has 4 rings (SSSR count). The topological polar surface area (TPSA) is 40.2 Å². The zero-order valence-corrected chi connectivity index (χ0v) is 19.2. The summed E-state index contributed by atoms with van der Waals surface area (Å²) in [5, 5.41) is 8.20. The van der Waals surface area contributed by atoms with Gasteiger partial charge < -0.3 is 15.5 Å². The average molecular weight is 443 g/mol. The molecule has 0 spiro atoms. The molecule has 0 bridgehead atoms. The van der Waals surface area contributed by atoms with Crippen molar-refractivity contribution in [3.8, 4) is 0 Å². The molecule has 2 aromatic rings. The number of nitrogens with one attached hydrogen (secondary N) is 2. The maximum Gasteiger partial charge on any atom is 0.170 e. The van der Waals surface area contributed by atoms with E-state index in [2.05, 4.69) is 51.7 Å². The van der Waals surface area contributed by atoms with Crippen molar-refractivity contribution >= 4 is 40.4 Å². The van der Waals surface area contributed by atoms with Gasteiger partial charge in [0.25, 0.3) is 0 Å². The van der Waals surface area contributed by atoms with Gasteiger partial charge >= 0.3 is 0 Å². The van der Waals surface area contributed by atoms with Gasteiger partial charge in [-0.1, -0.05) is 36.6 Å². The minimum atomic E-state index is 0.100. The van der Waals surface area contributed by atoms with Crippen molar-refractivity contribution in [3.63, 3.8) is 0 Å². The lowest BCUT2D eigenvalue weighted by molar-refractivity contribution is 0.435. The highest BCUT2D eigenvalue weighted by atomic mass is 35.5. The highest BCUT2D eigenvalue weighted by Gasteiger charge is 2.35. The van der Waals surface area contributed by atoms with Crippen molar-refractivity contribution in [3.05, 3.63) is 53.2 Å². The Hall–Kier alpha value is -1.85. The van der Waals surface area contributed by atoms with Gasteiger partial charge in [0, 0.05) is 29.6 Å². The predicted octanol–water partition coefficient (Wildman–Crippen LogP) is 5.91. The van der Waals surface area contributed by atoms with Crippen LogP contribution in [0.25, 0.3) is 0 Å². The van der Waals surface area contributed by atoms with Crippen molar-refractivity contribution < 1.29 is 0 Å². The van der Waals surface area contributed by atoms with Crippen LogP contribution in [0.3, 0.4) is 0 Å². The first-order valence-corrected chi connectivity index (χ1v) is 11.9. The number of rotatable bonds is 5. The molecule has 0 radical (unpaired) electrons. The van der Waals surface area contributed by atoms with Crippen LogP contribution in [0.4, 0.5) is 11.5 Å². The Morgan fingerprint density at radius 3 is 2.73 bits per heavy atom. The van der Waals surface area contributed by atoms with E-state index in [0.29, 0.717) is 11.2 Å². The summed E-state index contributed by atoms with van der Waals surface area (Å²) < 4.78 is 0. The largest absolute Gasteiger partial charge is 0.362 e. The summed E-state index contributed by atoms with van der Waals surface area (Å²) in [5.74, 6) is 1.05. The lowest BCUT2D eigenvalue weighted by atomic mass is 9.79. The monoisotopic (exact) mass is 442 g/mol. The van der Waals surface area contributed by atoms with E-state index in [1.807, 2.05) is 18.3 Å². The minimum absolute atomic E-state index is 0.100. The highest BCUT2D eigenvalue weighted by molar-refractivity contribution is 7.80. The van der Waals surface area contributed by atoms with E-state index >= 15 is 0 Å². The molecule has 1 aromatic heterocycles. The summed E-state index contributed by atoms with van der Waals surface area (Å²) in [6.45, 7) is 4.19. The van der Waals surface area contributed by atoms with Crippen LogP contribution < -0.4 is 15.5 Å². The number of benzene rings is 1. The molecule has 1 unspecified atom stereocenters. The van der Waals surface area contributed by atoms with Crippen molar-refractivity contribution in [2.45, 2.75) is 63.3 Å². The number of halogens is 1. The van der Waals surface area contributed by atoms with E-state index in [0.717, 1.165) is 42.5 Å². The number of hydrogen-bond acceptors (Lipinski definition) is 3. The summed E-state index contributed by atoms with van der Waals surface area (Å²) in [7, 11) is 0. The SMILES string of the molecule is CC1CCCCN1c1ccc(NC(=S)NCC2(c3cccc(Cl)c3)CCCC2)cn1. The van der Waals surface area contributed by atoms with E-state index in [1.165, 1.54) is 37.7 Å². The van der Waals surface area contributed by atoms with Crippen molar-refractivity contribution in [1.29, 1.82) is 0 Å². The average Bonchev–Trinajstić information content (AvgIpc) is 3.24. The quantitative estimate of drug-likeness (QED) is 0.563. The molecule has 6 heteroatoms.